The number of aryl methyl sites for hydroxylation is 1. The van der Waals surface area contributed by atoms with E-state index in [-0.39, 0.29) is 17.1 Å². The number of benzene rings is 1. The Kier molecular flexibility index (Phi) is 6.49. The molecular formula is C20H26N4OS. The zero-order valence-electron chi connectivity index (χ0n) is 16.0. The summed E-state index contributed by atoms with van der Waals surface area (Å²) in [5, 5.41) is 12.6. The van der Waals surface area contributed by atoms with Gasteiger partial charge < -0.3 is 10.3 Å². The van der Waals surface area contributed by atoms with Crippen molar-refractivity contribution in [3.63, 3.8) is 0 Å². The minimum Gasteiger partial charge on any atom is -0.337 e. The van der Waals surface area contributed by atoms with E-state index in [9.17, 15) is 10.1 Å². The lowest BCUT2D eigenvalue weighted by Gasteiger charge is -2.28. The number of hydrogen-bond acceptors (Lipinski definition) is 4. The summed E-state index contributed by atoms with van der Waals surface area (Å²) in [6.07, 6.45) is 0.754. The van der Waals surface area contributed by atoms with E-state index >= 15 is 0 Å². The Labute approximate surface area is 159 Å². The van der Waals surface area contributed by atoms with Gasteiger partial charge in [0.15, 0.2) is 5.16 Å². The lowest BCUT2D eigenvalue weighted by Crippen LogP contribution is -2.51. The number of carbonyl (C=O) groups excluding carboxylic acids is 1. The standard InChI is InChI=1S/C20H26N4OS/c1-13(2)20(5,12-21)24-18(25)15(4)26-19-22-14(3)17(23-19)11-16-9-7-6-8-10-16/h6-10,13,15H,11H2,1-5H3,(H,22,23)(H,24,25). The first-order valence-electron chi connectivity index (χ1n) is 8.74. The van der Waals surface area contributed by atoms with Crippen molar-refractivity contribution in [2.75, 3.05) is 0 Å². The topological polar surface area (TPSA) is 81.6 Å². The van der Waals surface area contributed by atoms with Crippen molar-refractivity contribution < 1.29 is 4.79 Å². The molecule has 2 N–H and O–H groups in total. The van der Waals surface area contributed by atoms with E-state index < -0.39 is 5.54 Å². The number of aromatic nitrogens is 2. The van der Waals surface area contributed by atoms with Crippen LogP contribution in [0.4, 0.5) is 0 Å². The molecule has 0 saturated heterocycles. The van der Waals surface area contributed by atoms with Gasteiger partial charge in [0, 0.05) is 12.1 Å². The molecule has 0 aliphatic carbocycles. The van der Waals surface area contributed by atoms with Crippen molar-refractivity contribution in [2.45, 2.75) is 57.0 Å². The predicted molar refractivity (Wildman–Crippen MR) is 105 cm³/mol. The molecular weight excluding hydrogens is 344 g/mol. The maximum atomic E-state index is 12.5. The lowest BCUT2D eigenvalue weighted by atomic mass is 9.90. The highest BCUT2D eigenvalue weighted by atomic mass is 32.2. The Morgan fingerprint density at radius 2 is 2.00 bits per heavy atom. The van der Waals surface area contributed by atoms with Gasteiger partial charge in [0.05, 0.1) is 17.0 Å². The highest BCUT2D eigenvalue weighted by molar-refractivity contribution is 8.00. The number of H-pyrrole nitrogens is 1. The van der Waals surface area contributed by atoms with Gasteiger partial charge in [-0.1, -0.05) is 55.9 Å². The molecule has 0 saturated carbocycles. The lowest BCUT2D eigenvalue weighted by molar-refractivity contribution is -0.121. The number of amides is 1. The molecule has 138 valence electrons. The van der Waals surface area contributed by atoms with E-state index in [0.717, 1.165) is 23.0 Å². The molecule has 26 heavy (non-hydrogen) atoms. The first-order chi connectivity index (χ1) is 12.2. The number of carbonyl (C=O) groups is 1. The summed E-state index contributed by atoms with van der Waals surface area (Å²) in [5.41, 5.74) is 2.32. The van der Waals surface area contributed by atoms with Gasteiger partial charge in [0.2, 0.25) is 5.91 Å². The summed E-state index contributed by atoms with van der Waals surface area (Å²) < 4.78 is 0. The van der Waals surface area contributed by atoms with Crippen molar-refractivity contribution in [1.29, 1.82) is 5.26 Å². The number of aromatic amines is 1. The maximum absolute atomic E-state index is 12.5. The molecule has 0 aliphatic rings. The number of nitrogens with zero attached hydrogens (tertiary/aromatic N) is 2. The third kappa shape index (κ3) is 4.89. The monoisotopic (exact) mass is 370 g/mol. The molecule has 0 bridgehead atoms. The number of hydrogen-bond donors (Lipinski definition) is 2. The van der Waals surface area contributed by atoms with Gasteiger partial charge in [-0.25, -0.2) is 4.98 Å². The third-order valence-electron chi connectivity index (χ3n) is 4.61. The molecule has 5 nitrogen and oxygen atoms in total. The van der Waals surface area contributed by atoms with Gasteiger partial charge in [-0.2, -0.15) is 5.26 Å². The first-order valence-corrected chi connectivity index (χ1v) is 9.62. The van der Waals surface area contributed by atoms with Crippen LogP contribution < -0.4 is 5.32 Å². The fourth-order valence-corrected chi connectivity index (χ4v) is 3.24. The molecule has 1 aromatic carbocycles. The van der Waals surface area contributed by atoms with Crippen LogP contribution in [0.5, 0.6) is 0 Å². The van der Waals surface area contributed by atoms with E-state index in [1.807, 2.05) is 45.9 Å². The molecule has 0 radical (unpaired) electrons. The Bertz CT molecular complexity index is 794. The van der Waals surface area contributed by atoms with Crippen LogP contribution in [0.25, 0.3) is 0 Å². The number of nitrogens with one attached hydrogen (secondary N) is 2. The summed E-state index contributed by atoms with van der Waals surface area (Å²) in [7, 11) is 0. The summed E-state index contributed by atoms with van der Waals surface area (Å²) in [4.78, 5) is 20.4. The minimum absolute atomic E-state index is 0.0250. The quantitative estimate of drug-likeness (QED) is 0.726. The number of nitriles is 1. The second kappa shape index (κ2) is 8.41. The number of rotatable bonds is 7. The van der Waals surface area contributed by atoms with Crippen LogP contribution in [0.1, 0.15) is 44.6 Å². The summed E-state index contributed by atoms with van der Waals surface area (Å²) in [6, 6.07) is 12.4. The summed E-state index contributed by atoms with van der Waals surface area (Å²) >= 11 is 1.37. The van der Waals surface area contributed by atoms with E-state index in [4.69, 9.17) is 0 Å². The zero-order valence-corrected chi connectivity index (χ0v) is 16.8. The molecule has 0 fully saturated rings. The van der Waals surface area contributed by atoms with Crippen LogP contribution in [0.15, 0.2) is 35.5 Å². The SMILES string of the molecule is Cc1[nH]c(SC(C)C(=O)NC(C)(C#N)C(C)C)nc1Cc1ccccc1. The van der Waals surface area contributed by atoms with Gasteiger partial charge >= 0.3 is 0 Å². The van der Waals surface area contributed by atoms with Crippen LogP contribution in [0.2, 0.25) is 0 Å². The second-order valence-electron chi connectivity index (χ2n) is 6.99. The van der Waals surface area contributed by atoms with Crippen molar-refractivity contribution in [3.05, 3.63) is 47.3 Å². The molecule has 2 rings (SSSR count). The smallest absolute Gasteiger partial charge is 0.234 e. The maximum Gasteiger partial charge on any atom is 0.234 e. The average molecular weight is 371 g/mol. The highest BCUT2D eigenvalue weighted by Crippen LogP contribution is 2.24. The van der Waals surface area contributed by atoms with Gasteiger partial charge in [-0.15, -0.1) is 0 Å². The van der Waals surface area contributed by atoms with Gasteiger partial charge in [-0.05, 0) is 32.3 Å². The Morgan fingerprint density at radius 1 is 1.35 bits per heavy atom. The Hall–Kier alpha value is -2.26. The van der Waals surface area contributed by atoms with Gasteiger partial charge in [-0.3, -0.25) is 4.79 Å². The fourth-order valence-electron chi connectivity index (χ4n) is 2.36. The third-order valence-corrected chi connectivity index (χ3v) is 5.59. The van der Waals surface area contributed by atoms with Crippen LogP contribution in [0, 0.1) is 24.2 Å². The molecule has 0 aliphatic heterocycles. The van der Waals surface area contributed by atoms with E-state index in [2.05, 4.69) is 33.5 Å². The van der Waals surface area contributed by atoms with E-state index in [1.165, 1.54) is 17.3 Å². The normalized spacial score (nSPS) is 14.5. The van der Waals surface area contributed by atoms with Crippen LogP contribution >= 0.6 is 11.8 Å². The zero-order chi connectivity index (χ0) is 19.3. The molecule has 1 heterocycles. The highest BCUT2D eigenvalue weighted by Gasteiger charge is 2.32. The van der Waals surface area contributed by atoms with Crippen molar-refractivity contribution in [2.24, 2.45) is 5.92 Å². The van der Waals surface area contributed by atoms with Gasteiger partial charge in [0.25, 0.3) is 0 Å². The molecule has 2 aromatic rings. The summed E-state index contributed by atoms with van der Waals surface area (Å²) in [5.74, 6) is -0.136. The van der Waals surface area contributed by atoms with Gasteiger partial charge in [0.1, 0.15) is 5.54 Å². The fraction of sp³-hybridized carbons (Fsp3) is 0.450. The predicted octanol–water partition coefficient (Wildman–Crippen LogP) is 3.84. The van der Waals surface area contributed by atoms with Crippen LogP contribution in [0.3, 0.4) is 0 Å². The second-order valence-corrected chi connectivity index (χ2v) is 8.32. The van der Waals surface area contributed by atoms with Crippen LogP contribution in [-0.2, 0) is 11.2 Å². The molecule has 2 atom stereocenters. The van der Waals surface area contributed by atoms with Crippen molar-refractivity contribution >= 4 is 17.7 Å². The Morgan fingerprint density at radius 3 is 2.58 bits per heavy atom. The molecule has 1 amide bonds. The van der Waals surface area contributed by atoms with E-state index in [1.54, 1.807) is 6.92 Å². The number of thioether (sulfide) groups is 1. The largest absolute Gasteiger partial charge is 0.337 e. The minimum atomic E-state index is -0.872. The molecule has 0 spiro atoms. The van der Waals surface area contributed by atoms with Crippen molar-refractivity contribution in [1.82, 2.24) is 15.3 Å². The molecule has 1 aromatic heterocycles. The molecule has 6 heteroatoms. The molecule has 2 unspecified atom stereocenters. The van der Waals surface area contributed by atoms with E-state index in [0.29, 0.717) is 0 Å². The first kappa shape index (κ1) is 20.1. The Balaban J connectivity index is 2.03. The van der Waals surface area contributed by atoms with Crippen molar-refractivity contribution in [3.8, 4) is 6.07 Å². The average Bonchev–Trinajstić information content (AvgIpc) is 2.94. The number of imidazole rings is 1. The van der Waals surface area contributed by atoms with Crippen LogP contribution in [-0.4, -0.2) is 26.7 Å². The summed E-state index contributed by atoms with van der Waals surface area (Å²) in [6.45, 7) is 9.42.